The molecule has 0 saturated carbocycles. The number of likely N-dealkylation sites (tertiary alicyclic amines) is 1. The van der Waals surface area contributed by atoms with Gasteiger partial charge in [0.25, 0.3) is 5.56 Å². The highest BCUT2D eigenvalue weighted by Crippen LogP contribution is 2.20. The van der Waals surface area contributed by atoms with Crippen molar-refractivity contribution in [1.29, 1.82) is 0 Å². The molecule has 2 aliphatic rings. The first-order valence-corrected chi connectivity index (χ1v) is 9.51. The molecule has 4 rings (SSSR count). The van der Waals surface area contributed by atoms with E-state index in [1.54, 1.807) is 17.0 Å². The van der Waals surface area contributed by atoms with E-state index in [0.717, 1.165) is 25.2 Å². The Bertz CT molecular complexity index is 871. The zero-order chi connectivity index (χ0) is 18.6. The van der Waals surface area contributed by atoms with Gasteiger partial charge in [0, 0.05) is 36.3 Å². The Kier molecular flexibility index (Phi) is 5.15. The molecule has 2 aromatic rings. The smallest absolute Gasteiger partial charge is 0.257 e. The van der Waals surface area contributed by atoms with Crippen LogP contribution in [0.4, 0.5) is 5.95 Å². The van der Waals surface area contributed by atoms with Gasteiger partial charge in [-0.1, -0.05) is 12.5 Å². The molecule has 0 aliphatic carbocycles. The lowest BCUT2D eigenvalue weighted by Crippen LogP contribution is -2.48. The van der Waals surface area contributed by atoms with Crippen LogP contribution in [-0.4, -0.2) is 51.6 Å². The number of hydrogen-bond acceptors (Lipinski definition) is 5. The molecule has 142 valence electrons. The lowest BCUT2D eigenvalue weighted by molar-refractivity contribution is 0.235. The number of guanidine groups is 1. The van der Waals surface area contributed by atoms with Crippen molar-refractivity contribution >= 4 is 11.9 Å². The second-order valence-corrected chi connectivity index (χ2v) is 7.02. The van der Waals surface area contributed by atoms with E-state index in [4.69, 9.17) is 0 Å². The van der Waals surface area contributed by atoms with Crippen molar-refractivity contribution in [3.05, 3.63) is 52.2 Å². The molecule has 0 unspecified atom stereocenters. The predicted molar refractivity (Wildman–Crippen MR) is 105 cm³/mol. The summed E-state index contributed by atoms with van der Waals surface area (Å²) in [7, 11) is 0. The number of aliphatic imine (C=N–C) groups is 1. The molecule has 27 heavy (non-hydrogen) atoms. The first-order chi connectivity index (χ1) is 13.2. The molecule has 0 radical (unpaired) electrons. The summed E-state index contributed by atoms with van der Waals surface area (Å²) >= 11 is 0. The van der Waals surface area contributed by atoms with Crippen LogP contribution in [0.1, 0.15) is 36.7 Å². The fourth-order valence-corrected chi connectivity index (χ4v) is 3.62. The van der Waals surface area contributed by atoms with Crippen molar-refractivity contribution < 1.29 is 0 Å². The van der Waals surface area contributed by atoms with E-state index in [2.05, 4.69) is 30.5 Å². The highest BCUT2D eigenvalue weighted by atomic mass is 16.1. The molecule has 0 bridgehead atoms. The zero-order valence-electron chi connectivity index (χ0n) is 15.6. The van der Waals surface area contributed by atoms with Crippen LogP contribution in [0.15, 0.2) is 40.4 Å². The molecule has 0 spiro atoms. The number of rotatable bonds is 4. The molecule has 8 heteroatoms. The van der Waals surface area contributed by atoms with Crippen LogP contribution in [0.5, 0.6) is 0 Å². The van der Waals surface area contributed by atoms with Crippen molar-refractivity contribution in [1.82, 2.24) is 24.8 Å². The summed E-state index contributed by atoms with van der Waals surface area (Å²) in [4.78, 5) is 28.4. The molecular weight excluding hydrogens is 342 g/mol. The Labute approximate surface area is 158 Å². The third-order valence-electron chi connectivity index (χ3n) is 4.98. The highest BCUT2D eigenvalue weighted by Gasteiger charge is 2.26. The van der Waals surface area contributed by atoms with Gasteiger partial charge >= 0.3 is 0 Å². The van der Waals surface area contributed by atoms with Crippen LogP contribution >= 0.6 is 0 Å². The Hall–Kier alpha value is -2.74. The van der Waals surface area contributed by atoms with Crippen molar-refractivity contribution in [3.63, 3.8) is 0 Å². The topological polar surface area (TPSA) is 87.4 Å². The Morgan fingerprint density at radius 1 is 1.30 bits per heavy atom. The molecule has 2 N–H and O–H groups in total. The largest absolute Gasteiger partial charge is 0.331 e. The third kappa shape index (κ3) is 4.00. The summed E-state index contributed by atoms with van der Waals surface area (Å²) in [5.74, 6) is 1.14. The third-order valence-corrected chi connectivity index (χ3v) is 4.98. The summed E-state index contributed by atoms with van der Waals surface area (Å²) in [5, 5.41) is 6.50. The minimum Gasteiger partial charge on any atom is -0.331 e. The monoisotopic (exact) mass is 367 g/mol. The molecule has 1 atom stereocenters. The molecular formula is C19H25N7O. The number of pyridine rings is 1. The normalized spacial score (nSPS) is 21.4. The number of aromatic nitrogens is 3. The van der Waals surface area contributed by atoms with E-state index >= 15 is 0 Å². The second-order valence-electron chi connectivity index (χ2n) is 7.02. The van der Waals surface area contributed by atoms with Gasteiger partial charge in [0.1, 0.15) is 6.17 Å². The SMILES string of the molecule is Cc1cc(=O)n2c(n1)NC(=NCCN1CCCCC1)N[C@@H]2c1cccnc1. The lowest BCUT2D eigenvalue weighted by Gasteiger charge is -2.31. The standard InChI is InChI=1S/C19H25N7O/c1-14-12-16(27)26-17(15-6-5-7-20-13-15)23-18(24-19(26)22-14)21-8-11-25-9-3-2-4-10-25/h5-7,12-13,17H,2-4,8-11H2,1H3,(H2,21,22,23,24)/t17-/m0/s1. The number of piperidine rings is 1. The van der Waals surface area contributed by atoms with Gasteiger partial charge in [-0.15, -0.1) is 0 Å². The Balaban J connectivity index is 1.58. The zero-order valence-corrected chi connectivity index (χ0v) is 15.6. The molecule has 2 aliphatic heterocycles. The van der Waals surface area contributed by atoms with Gasteiger partial charge in [0.2, 0.25) is 5.95 Å². The van der Waals surface area contributed by atoms with Crippen LogP contribution in [0, 0.1) is 6.92 Å². The van der Waals surface area contributed by atoms with Gasteiger partial charge in [-0.05, 0) is 38.9 Å². The molecule has 1 saturated heterocycles. The van der Waals surface area contributed by atoms with Crippen LogP contribution in [0.2, 0.25) is 0 Å². The second kappa shape index (κ2) is 7.87. The number of nitrogens with one attached hydrogen (secondary N) is 2. The number of aryl methyl sites for hydroxylation is 1. The van der Waals surface area contributed by atoms with E-state index in [1.807, 2.05) is 19.1 Å². The summed E-state index contributed by atoms with van der Waals surface area (Å²) in [5.41, 5.74) is 1.45. The fourth-order valence-electron chi connectivity index (χ4n) is 3.62. The summed E-state index contributed by atoms with van der Waals surface area (Å²) in [6.45, 7) is 5.77. The van der Waals surface area contributed by atoms with Gasteiger partial charge in [-0.25, -0.2) is 4.98 Å². The average molecular weight is 367 g/mol. The van der Waals surface area contributed by atoms with Gasteiger partial charge in [-0.2, -0.15) is 0 Å². The molecule has 2 aromatic heterocycles. The summed E-state index contributed by atoms with van der Waals surface area (Å²) in [6, 6.07) is 5.34. The maximum atomic E-state index is 12.6. The number of fused-ring (bicyclic) bond motifs is 1. The summed E-state index contributed by atoms with van der Waals surface area (Å²) < 4.78 is 1.60. The highest BCUT2D eigenvalue weighted by molar-refractivity contribution is 5.93. The van der Waals surface area contributed by atoms with Crippen LogP contribution in [0.3, 0.4) is 0 Å². The minimum absolute atomic E-state index is 0.112. The number of nitrogens with zero attached hydrogens (tertiary/aromatic N) is 5. The van der Waals surface area contributed by atoms with Gasteiger partial charge in [0.05, 0.1) is 6.54 Å². The van der Waals surface area contributed by atoms with Crippen molar-refractivity contribution in [2.75, 3.05) is 31.5 Å². The van der Waals surface area contributed by atoms with E-state index in [1.165, 1.54) is 25.3 Å². The molecule has 0 aromatic carbocycles. The first-order valence-electron chi connectivity index (χ1n) is 9.51. The maximum absolute atomic E-state index is 12.6. The fraction of sp³-hybridized carbons (Fsp3) is 0.474. The van der Waals surface area contributed by atoms with E-state index in [0.29, 0.717) is 24.1 Å². The van der Waals surface area contributed by atoms with Gasteiger partial charge in [-0.3, -0.25) is 24.7 Å². The van der Waals surface area contributed by atoms with Gasteiger partial charge < -0.3 is 10.2 Å². The van der Waals surface area contributed by atoms with Crippen LogP contribution in [-0.2, 0) is 0 Å². The Morgan fingerprint density at radius 3 is 2.93 bits per heavy atom. The molecule has 1 fully saturated rings. The van der Waals surface area contributed by atoms with E-state index in [-0.39, 0.29) is 11.7 Å². The van der Waals surface area contributed by atoms with E-state index in [9.17, 15) is 4.79 Å². The molecule has 0 amide bonds. The molecule has 8 nitrogen and oxygen atoms in total. The predicted octanol–water partition coefficient (Wildman–Crippen LogP) is 1.35. The van der Waals surface area contributed by atoms with Crippen molar-refractivity contribution in [3.8, 4) is 0 Å². The lowest BCUT2D eigenvalue weighted by atomic mass is 10.1. The number of hydrogen-bond donors (Lipinski definition) is 2. The van der Waals surface area contributed by atoms with Crippen LogP contribution in [0.25, 0.3) is 0 Å². The first kappa shape index (κ1) is 17.7. The quantitative estimate of drug-likeness (QED) is 0.848. The summed E-state index contributed by atoms with van der Waals surface area (Å²) in [6.07, 6.45) is 6.96. The van der Waals surface area contributed by atoms with Crippen molar-refractivity contribution in [2.24, 2.45) is 4.99 Å². The minimum atomic E-state index is -0.385. The average Bonchev–Trinajstić information content (AvgIpc) is 2.68. The van der Waals surface area contributed by atoms with E-state index < -0.39 is 0 Å². The Morgan fingerprint density at radius 2 is 2.15 bits per heavy atom. The van der Waals surface area contributed by atoms with Crippen molar-refractivity contribution in [2.45, 2.75) is 32.4 Å². The van der Waals surface area contributed by atoms with Crippen LogP contribution < -0.4 is 16.2 Å². The molecule has 4 heterocycles. The maximum Gasteiger partial charge on any atom is 0.257 e. The van der Waals surface area contributed by atoms with Gasteiger partial charge in [0.15, 0.2) is 5.96 Å². The number of anilines is 1.